The molecule has 63 heavy (non-hydrogen) atoms. The van der Waals surface area contributed by atoms with Crippen molar-refractivity contribution in [2.75, 3.05) is 6.61 Å². The van der Waals surface area contributed by atoms with Crippen LogP contribution in [-0.2, 0) is 4.79 Å². The quantitative estimate of drug-likeness (QED) is 0.0421. The maximum Gasteiger partial charge on any atom is 0.220 e. The molecule has 0 spiro atoms. The van der Waals surface area contributed by atoms with Gasteiger partial charge in [0.15, 0.2) is 0 Å². The summed E-state index contributed by atoms with van der Waals surface area (Å²) < 4.78 is 0. The Morgan fingerprint density at radius 3 is 0.921 bits per heavy atom. The number of nitrogens with one attached hydrogen (secondary N) is 1. The van der Waals surface area contributed by atoms with Gasteiger partial charge in [-0.05, 0) is 70.6 Å². The molecule has 0 saturated heterocycles. The molecule has 3 N–H and O–H groups in total. The highest BCUT2D eigenvalue weighted by Gasteiger charge is 2.18. The van der Waals surface area contributed by atoms with Crippen LogP contribution in [0.1, 0.15) is 303 Å². The monoisotopic (exact) mass is 882 g/mol. The summed E-state index contributed by atoms with van der Waals surface area (Å²) in [5.74, 6) is -0.0749. The molecule has 4 nitrogen and oxygen atoms in total. The summed E-state index contributed by atoms with van der Waals surface area (Å²) in [6.07, 6.45) is 75.6. The molecule has 0 bridgehead atoms. The second kappa shape index (κ2) is 54.7. The van der Waals surface area contributed by atoms with Crippen LogP contribution >= 0.6 is 0 Å². The van der Waals surface area contributed by atoms with Crippen LogP contribution in [0, 0.1) is 0 Å². The molecule has 4 heteroatoms. The van der Waals surface area contributed by atoms with Crippen molar-refractivity contribution in [1.29, 1.82) is 0 Å². The van der Waals surface area contributed by atoms with E-state index in [2.05, 4.69) is 55.6 Å². The second-order valence-electron chi connectivity index (χ2n) is 19.3. The Morgan fingerprint density at radius 2 is 0.619 bits per heavy atom. The van der Waals surface area contributed by atoms with E-state index in [1.807, 2.05) is 6.08 Å². The Morgan fingerprint density at radius 1 is 0.365 bits per heavy atom. The largest absolute Gasteiger partial charge is 0.394 e. The molecule has 0 aliphatic heterocycles. The minimum absolute atomic E-state index is 0.0749. The standard InChI is InChI=1S/C59H111NO3/c1-3-5-7-9-11-13-15-17-19-21-23-25-27-29-31-32-34-36-38-40-42-44-46-48-50-52-54-58(62)57(56-61)60-59(63)55-53-51-49-47-45-43-41-39-37-35-33-30-28-26-24-22-20-18-16-14-12-10-8-6-4-2/h22,24,36,38,44,46,52,54,57-58,61-62H,3-21,23,25-35,37,39-43,45,47-51,53,55-56H2,1-2H3,(H,60,63)/b24-22-,38-36+,46-44+,54-52+. The third kappa shape index (κ3) is 51.2. The molecule has 2 unspecified atom stereocenters. The van der Waals surface area contributed by atoms with E-state index in [1.54, 1.807) is 6.08 Å². The van der Waals surface area contributed by atoms with Crippen LogP contribution in [0.4, 0.5) is 0 Å². The molecule has 1 amide bonds. The normalized spacial score (nSPS) is 13.1. The van der Waals surface area contributed by atoms with Gasteiger partial charge in [-0.3, -0.25) is 4.79 Å². The highest BCUT2D eigenvalue weighted by atomic mass is 16.3. The van der Waals surface area contributed by atoms with E-state index >= 15 is 0 Å². The Labute approximate surface area is 394 Å². The molecule has 370 valence electrons. The van der Waals surface area contributed by atoms with Crippen LogP contribution in [0.15, 0.2) is 48.6 Å². The van der Waals surface area contributed by atoms with E-state index in [0.29, 0.717) is 6.42 Å². The smallest absolute Gasteiger partial charge is 0.220 e. The molecular formula is C59H111NO3. The van der Waals surface area contributed by atoms with Crippen molar-refractivity contribution in [1.82, 2.24) is 5.32 Å². The summed E-state index contributed by atoms with van der Waals surface area (Å²) in [4.78, 5) is 12.5. The molecular weight excluding hydrogens is 771 g/mol. The minimum Gasteiger partial charge on any atom is -0.394 e. The average Bonchev–Trinajstić information content (AvgIpc) is 3.29. The van der Waals surface area contributed by atoms with E-state index < -0.39 is 12.1 Å². The van der Waals surface area contributed by atoms with Gasteiger partial charge >= 0.3 is 0 Å². The van der Waals surface area contributed by atoms with E-state index in [0.717, 1.165) is 38.5 Å². The third-order valence-corrected chi connectivity index (χ3v) is 13.0. The topological polar surface area (TPSA) is 69.6 Å². The minimum atomic E-state index is -0.871. The van der Waals surface area contributed by atoms with Gasteiger partial charge in [0.2, 0.25) is 5.91 Å². The van der Waals surface area contributed by atoms with Gasteiger partial charge in [0.1, 0.15) is 0 Å². The first-order valence-electron chi connectivity index (χ1n) is 28.4. The predicted molar refractivity (Wildman–Crippen MR) is 281 cm³/mol. The first kappa shape index (κ1) is 61.4. The lowest BCUT2D eigenvalue weighted by molar-refractivity contribution is -0.123. The van der Waals surface area contributed by atoms with Gasteiger partial charge in [-0.2, -0.15) is 0 Å². The van der Waals surface area contributed by atoms with Gasteiger partial charge in [-0.1, -0.05) is 274 Å². The fourth-order valence-corrected chi connectivity index (χ4v) is 8.68. The molecule has 0 fully saturated rings. The number of rotatable bonds is 52. The Bertz CT molecular complexity index is 1000. The number of aliphatic hydroxyl groups is 2. The van der Waals surface area contributed by atoms with Gasteiger partial charge in [0.25, 0.3) is 0 Å². The van der Waals surface area contributed by atoms with Crippen molar-refractivity contribution in [3.05, 3.63) is 48.6 Å². The zero-order valence-corrected chi connectivity index (χ0v) is 42.6. The number of carbonyl (C=O) groups is 1. The zero-order chi connectivity index (χ0) is 45.6. The third-order valence-electron chi connectivity index (χ3n) is 13.0. The maximum absolute atomic E-state index is 12.5. The van der Waals surface area contributed by atoms with Crippen LogP contribution in [0.3, 0.4) is 0 Å². The summed E-state index contributed by atoms with van der Waals surface area (Å²) in [5.41, 5.74) is 0. The first-order chi connectivity index (χ1) is 31.2. The Hall–Kier alpha value is -1.65. The summed E-state index contributed by atoms with van der Waals surface area (Å²) in [7, 11) is 0. The number of allylic oxidation sites excluding steroid dienone is 7. The maximum atomic E-state index is 12.5. The number of hydrogen-bond donors (Lipinski definition) is 3. The van der Waals surface area contributed by atoms with E-state index in [-0.39, 0.29) is 12.5 Å². The predicted octanol–water partition coefficient (Wildman–Crippen LogP) is 18.6. The molecule has 0 radical (unpaired) electrons. The van der Waals surface area contributed by atoms with Crippen LogP contribution in [0.25, 0.3) is 0 Å². The van der Waals surface area contributed by atoms with Crippen molar-refractivity contribution in [3.63, 3.8) is 0 Å². The van der Waals surface area contributed by atoms with E-state index in [9.17, 15) is 15.0 Å². The lowest BCUT2D eigenvalue weighted by Crippen LogP contribution is -2.45. The number of hydrogen-bond acceptors (Lipinski definition) is 3. The highest BCUT2D eigenvalue weighted by molar-refractivity contribution is 5.76. The second-order valence-corrected chi connectivity index (χ2v) is 19.3. The van der Waals surface area contributed by atoms with Crippen molar-refractivity contribution in [2.45, 2.75) is 315 Å². The van der Waals surface area contributed by atoms with Crippen LogP contribution < -0.4 is 5.32 Å². The van der Waals surface area contributed by atoms with Gasteiger partial charge in [-0.15, -0.1) is 0 Å². The molecule has 0 heterocycles. The summed E-state index contributed by atoms with van der Waals surface area (Å²) in [5, 5.41) is 23.1. The molecule has 0 aromatic heterocycles. The van der Waals surface area contributed by atoms with Crippen LogP contribution in [0.5, 0.6) is 0 Å². The molecule has 0 aromatic rings. The van der Waals surface area contributed by atoms with Gasteiger partial charge in [0, 0.05) is 6.42 Å². The number of carbonyl (C=O) groups excluding carboxylic acids is 1. The summed E-state index contributed by atoms with van der Waals surface area (Å²) in [6.45, 7) is 4.32. The fraction of sp³-hybridized carbons (Fsp3) is 0.847. The van der Waals surface area contributed by atoms with Crippen molar-refractivity contribution >= 4 is 5.91 Å². The summed E-state index contributed by atoms with van der Waals surface area (Å²) >= 11 is 0. The van der Waals surface area contributed by atoms with Gasteiger partial charge in [0.05, 0.1) is 18.8 Å². The SMILES string of the molecule is CCCCCCCCCC/C=C\CCCCCCCCCCCCCCCC(=O)NC(CO)C(O)/C=C/CC/C=C/CC/C=C/CCCCCCCCCCCCCCCCCC. The van der Waals surface area contributed by atoms with Crippen molar-refractivity contribution < 1.29 is 15.0 Å². The van der Waals surface area contributed by atoms with Crippen LogP contribution in [0.2, 0.25) is 0 Å². The average molecular weight is 883 g/mol. The van der Waals surface area contributed by atoms with Crippen LogP contribution in [-0.4, -0.2) is 34.9 Å². The lowest BCUT2D eigenvalue weighted by Gasteiger charge is -2.19. The molecule has 0 aromatic carbocycles. The molecule has 2 atom stereocenters. The van der Waals surface area contributed by atoms with Crippen molar-refractivity contribution in [3.8, 4) is 0 Å². The zero-order valence-electron chi connectivity index (χ0n) is 42.6. The fourth-order valence-electron chi connectivity index (χ4n) is 8.68. The Balaban J connectivity index is 3.55. The van der Waals surface area contributed by atoms with E-state index in [4.69, 9.17) is 0 Å². The first-order valence-corrected chi connectivity index (χ1v) is 28.4. The highest BCUT2D eigenvalue weighted by Crippen LogP contribution is 2.16. The lowest BCUT2D eigenvalue weighted by atomic mass is 10.0. The Kier molecular flexibility index (Phi) is 53.3. The molecule has 0 aliphatic carbocycles. The molecule has 0 aliphatic rings. The van der Waals surface area contributed by atoms with Gasteiger partial charge in [-0.25, -0.2) is 0 Å². The number of aliphatic hydroxyl groups excluding tert-OH is 2. The van der Waals surface area contributed by atoms with Gasteiger partial charge < -0.3 is 15.5 Å². The van der Waals surface area contributed by atoms with E-state index in [1.165, 1.54) is 244 Å². The summed E-state index contributed by atoms with van der Waals surface area (Å²) in [6, 6.07) is -0.647. The number of unbranched alkanes of at least 4 members (excludes halogenated alkanes) is 39. The molecule has 0 saturated carbocycles. The number of amides is 1. The van der Waals surface area contributed by atoms with Crippen molar-refractivity contribution in [2.24, 2.45) is 0 Å². The molecule has 0 rings (SSSR count).